The second-order valence-corrected chi connectivity index (χ2v) is 4.82. The summed E-state index contributed by atoms with van der Waals surface area (Å²) in [6.45, 7) is 4.95. The van der Waals surface area contributed by atoms with E-state index < -0.39 is 0 Å². The van der Waals surface area contributed by atoms with Crippen LogP contribution in [0.2, 0.25) is 0 Å². The van der Waals surface area contributed by atoms with E-state index in [-0.39, 0.29) is 0 Å². The normalized spacial score (nSPS) is 18.7. The Morgan fingerprint density at radius 3 is 2.71 bits per heavy atom. The van der Waals surface area contributed by atoms with Crippen molar-refractivity contribution in [3.8, 4) is 0 Å². The summed E-state index contributed by atoms with van der Waals surface area (Å²) >= 11 is 0. The summed E-state index contributed by atoms with van der Waals surface area (Å²) in [6, 6.07) is 1.92. The number of aromatic nitrogens is 2. The van der Waals surface area contributed by atoms with Crippen molar-refractivity contribution in [1.82, 2.24) is 9.97 Å². The molecule has 0 spiro atoms. The Bertz CT molecular complexity index is 363. The van der Waals surface area contributed by atoms with E-state index in [0.29, 0.717) is 5.41 Å². The SMILES string of the molecule is CNc1cc(NCC2(C)CCOCC2)ncn1. The molecule has 1 aliphatic heterocycles. The molecule has 2 rings (SSSR count). The smallest absolute Gasteiger partial charge is 0.131 e. The van der Waals surface area contributed by atoms with Crippen molar-refractivity contribution in [2.24, 2.45) is 5.41 Å². The van der Waals surface area contributed by atoms with Crippen LogP contribution in [0.1, 0.15) is 19.8 Å². The van der Waals surface area contributed by atoms with Crippen LogP contribution < -0.4 is 10.6 Å². The van der Waals surface area contributed by atoms with Gasteiger partial charge in [-0.15, -0.1) is 0 Å². The standard InChI is InChI=1S/C12H20N4O/c1-12(3-5-17-6-4-12)8-14-11-7-10(13-2)15-9-16-11/h7,9H,3-6,8H2,1-2H3,(H2,13,14,15,16). The first kappa shape index (κ1) is 12.1. The first-order valence-corrected chi connectivity index (χ1v) is 6.03. The highest BCUT2D eigenvalue weighted by Gasteiger charge is 2.27. The summed E-state index contributed by atoms with van der Waals surface area (Å²) in [6.07, 6.45) is 3.77. The van der Waals surface area contributed by atoms with Crippen LogP contribution in [0.15, 0.2) is 12.4 Å². The van der Waals surface area contributed by atoms with Gasteiger partial charge in [0.1, 0.15) is 18.0 Å². The molecule has 0 saturated carbocycles. The van der Waals surface area contributed by atoms with Gasteiger partial charge >= 0.3 is 0 Å². The molecule has 0 aliphatic carbocycles. The van der Waals surface area contributed by atoms with Crippen LogP contribution in [-0.4, -0.2) is 36.8 Å². The maximum atomic E-state index is 5.39. The van der Waals surface area contributed by atoms with Gasteiger partial charge in [0.05, 0.1) is 0 Å². The van der Waals surface area contributed by atoms with E-state index in [1.165, 1.54) is 0 Å². The van der Waals surface area contributed by atoms with Gasteiger partial charge < -0.3 is 15.4 Å². The maximum absolute atomic E-state index is 5.39. The monoisotopic (exact) mass is 236 g/mol. The van der Waals surface area contributed by atoms with Crippen molar-refractivity contribution in [1.29, 1.82) is 0 Å². The average molecular weight is 236 g/mol. The van der Waals surface area contributed by atoms with Crippen molar-refractivity contribution in [2.75, 3.05) is 37.4 Å². The highest BCUT2D eigenvalue weighted by atomic mass is 16.5. The van der Waals surface area contributed by atoms with Gasteiger partial charge in [0.15, 0.2) is 0 Å². The van der Waals surface area contributed by atoms with E-state index >= 15 is 0 Å². The van der Waals surface area contributed by atoms with Crippen LogP contribution in [0.5, 0.6) is 0 Å². The molecule has 0 amide bonds. The molecule has 1 saturated heterocycles. The molecule has 2 N–H and O–H groups in total. The van der Waals surface area contributed by atoms with E-state index in [2.05, 4.69) is 27.5 Å². The quantitative estimate of drug-likeness (QED) is 0.834. The molecular formula is C12H20N4O. The number of nitrogens with one attached hydrogen (secondary N) is 2. The number of hydrogen-bond acceptors (Lipinski definition) is 5. The molecule has 17 heavy (non-hydrogen) atoms. The minimum Gasteiger partial charge on any atom is -0.381 e. The van der Waals surface area contributed by atoms with Crippen LogP contribution in [0.4, 0.5) is 11.6 Å². The Kier molecular flexibility index (Phi) is 3.78. The summed E-state index contributed by atoms with van der Waals surface area (Å²) in [7, 11) is 1.85. The Labute approximate surface area is 102 Å². The Hall–Kier alpha value is -1.36. The minimum absolute atomic E-state index is 0.309. The van der Waals surface area contributed by atoms with E-state index in [9.17, 15) is 0 Å². The van der Waals surface area contributed by atoms with Crippen molar-refractivity contribution < 1.29 is 4.74 Å². The molecule has 1 aromatic heterocycles. The molecule has 5 nitrogen and oxygen atoms in total. The zero-order valence-electron chi connectivity index (χ0n) is 10.5. The van der Waals surface area contributed by atoms with Crippen LogP contribution >= 0.6 is 0 Å². The molecule has 0 bridgehead atoms. The van der Waals surface area contributed by atoms with Crippen LogP contribution in [0.25, 0.3) is 0 Å². The molecule has 94 valence electrons. The average Bonchev–Trinajstić information content (AvgIpc) is 2.38. The number of nitrogens with zero attached hydrogens (tertiary/aromatic N) is 2. The predicted molar refractivity (Wildman–Crippen MR) is 68.2 cm³/mol. The zero-order valence-corrected chi connectivity index (χ0v) is 10.5. The highest BCUT2D eigenvalue weighted by Crippen LogP contribution is 2.29. The topological polar surface area (TPSA) is 59.1 Å². The summed E-state index contributed by atoms with van der Waals surface area (Å²) in [5.41, 5.74) is 0.309. The van der Waals surface area contributed by atoms with E-state index in [1.54, 1.807) is 6.33 Å². The third-order valence-corrected chi connectivity index (χ3v) is 3.32. The largest absolute Gasteiger partial charge is 0.381 e. The summed E-state index contributed by atoms with van der Waals surface area (Å²) in [5, 5.41) is 6.39. The first-order valence-electron chi connectivity index (χ1n) is 6.03. The Morgan fingerprint density at radius 1 is 1.29 bits per heavy atom. The van der Waals surface area contributed by atoms with Gasteiger partial charge in [0, 0.05) is 32.9 Å². The summed E-state index contributed by atoms with van der Waals surface area (Å²) in [4.78, 5) is 8.30. The third kappa shape index (κ3) is 3.30. The second kappa shape index (κ2) is 5.31. The van der Waals surface area contributed by atoms with E-state index in [0.717, 1.165) is 44.2 Å². The van der Waals surface area contributed by atoms with Crippen molar-refractivity contribution in [2.45, 2.75) is 19.8 Å². The van der Waals surface area contributed by atoms with E-state index in [4.69, 9.17) is 4.74 Å². The van der Waals surface area contributed by atoms with Crippen molar-refractivity contribution in [3.63, 3.8) is 0 Å². The van der Waals surface area contributed by atoms with Crippen LogP contribution in [-0.2, 0) is 4.74 Å². The van der Waals surface area contributed by atoms with Gasteiger partial charge in [-0.3, -0.25) is 0 Å². The fourth-order valence-electron chi connectivity index (χ4n) is 1.94. The zero-order chi connectivity index (χ0) is 12.1. The number of ether oxygens (including phenoxy) is 1. The molecule has 0 aromatic carbocycles. The minimum atomic E-state index is 0.309. The second-order valence-electron chi connectivity index (χ2n) is 4.82. The summed E-state index contributed by atoms with van der Waals surface area (Å²) in [5.74, 6) is 1.71. The highest BCUT2D eigenvalue weighted by molar-refractivity contribution is 5.45. The Morgan fingerprint density at radius 2 is 2.00 bits per heavy atom. The molecule has 2 heterocycles. The Balaban J connectivity index is 1.92. The fourth-order valence-corrected chi connectivity index (χ4v) is 1.94. The number of rotatable bonds is 4. The number of hydrogen-bond donors (Lipinski definition) is 2. The third-order valence-electron chi connectivity index (χ3n) is 3.32. The molecule has 5 heteroatoms. The number of anilines is 2. The molecule has 1 aromatic rings. The molecule has 1 fully saturated rings. The van der Waals surface area contributed by atoms with E-state index in [1.807, 2.05) is 13.1 Å². The van der Waals surface area contributed by atoms with Crippen LogP contribution in [0.3, 0.4) is 0 Å². The molecule has 0 unspecified atom stereocenters. The lowest BCUT2D eigenvalue weighted by Crippen LogP contribution is -2.33. The lowest BCUT2D eigenvalue weighted by molar-refractivity contribution is 0.0300. The predicted octanol–water partition coefficient (Wildman–Crippen LogP) is 1.75. The molecule has 0 radical (unpaired) electrons. The van der Waals surface area contributed by atoms with Gasteiger partial charge in [-0.25, -0.2) is 9.97 Å². The van der Waals surface area contributed by atoms with Crippen molar-refractivity contribution >= 4 is 11.6 Å². The fraction of sp³-hybridized carbons (Fsp3) is 0.667. The van der Waals surface area contributed by atoms with Gasteiger partial charge in [-0.2, -0.15) is 0 Å². The first-order chi connectivity index (χ1) is 8.22. The lowest BCUT2D eigenvalue weighted by Gasteiger charge is -2.33. The van der Waals surface area contributed by atoms with Gasteiger partial charge in [-0.05, 0) is 18.3 Å². The van der Waals surface area contributed by atoms with Crippen LogP contribution in [0, 0.1) is 5.41 Å². The van der Waals surface area contributed by atoms with Gasteiger partial charge in [0.25, 0.3) is 0 Å². The lowest BCUT2D eigenvalue weighted by atomic mass is 9.82. The van der Waals surface area contributed by atoms with Gasteiger partial charge in [0.2, 0.25) is 0 Å². The van der Waals surface area contributed by atoms with Gasteiger partial charge in [-0.1, -0.05) is 6.92 Å². The maximum Gasteiger partial charge on any atom is 0.131 e. The molecular weight excluding hydrogens is 216 g/mol. The summed E-state index contributed by atoms with van der Waals surface area (Å²) < 4.78 is 5.39. The molecule has 1 aliphatic rings. The molecule has 0 atom stereocenters. The van der Waals surface area contributed by atoms with Crippen molar-refractivity contribution in [3.05, 3.63) is 12.4 Å².